The summed E-state index contributed by atoms with van der Waals surface area (Å²) in [7, 11) is 0. The highest BCUT2D eigenvalue weighted by atomic mass is 32.2. The molecule has 26 heavy (non-hydrogen) atoms. The molecule has 4 fully saturated rings. The Labute approximate surface area is 164 Å². The summed E-state index contributed by atoms with van der Waals surface area (Å²) in [6.07, 6.45) is 11.3. The number of hydrogen-bond donors (Lipinski definition) is 1. The van der Waals surface area contributed by atoms with Crippen LogP contribution in [0.15, 0.2) is 0 Å². The number of nitrogens with two attached hydrogens (primary N) is 1. The fourth-order valence-electron chi connectivity index (χ4n) is 7.86. The van der Waals surface area contributed by atoms with E-state index in [9.17, 15) is 4.79 Å². The molecule has 0 heterocycles. The first kappa shape index (κ1) is 19.3. The molecule has 4 rings (SSSR count). The van der Waals surface area contributed by atoms with E-state index in [4.69, 9.17) is 5.73 Å². The van der Waals surface area contributed by atoms with E-state index in [1.54, 1.807) is 0 Å². The predicted molar refractivity (Wildman–Crippen MR) is 111 cm³/mol. The maximum Gasteiger partial charge on any atom is 0.139 e. The molecule has 3 heteroatoms. The van der Waals surface area contributed by atoms with Crippen molar-refractivity contribution in [3.63, 3.8) is 0 Å². The highest BCUT2D eigenvalue weighted by molar-refractivity contribution is 7.99. The predicted octanol–water partition coefficient (Wildman–Crippen LogP) is 5.29. The van der Waals surface area contributed by atoms with Crippen molar-refractivity contribution in [3.8, 4) is 0 Å². The molecule has 8 atom stereocenters. The molecule has 4 aliphatic carbocycles. The highest BCUT2D eigenvalue weighted by Crippen LogP contribution is 2.67. The molecule has 0 aromatic carbocycles. The van der Waals surface area contributed by atoms with Crippen LogP contribution in [0.2, 0.25) is 0 Å². The van der Waals surface area contributed by atoms with Crippen LogP contribution < -0.4 is 5.73 Å². The van der Waals surface area contributed by atoms with Gasteiger partial charge in [-0.05, 0) is 98.7 Å². The van der Waals surface area contributed by atoms with E-state index in [2.05, 4.69) is 32.5 Å². The van der Waals surface area contributed by atoms with Crippen LogP contribution in [-0.4, -0.2) is 23.3 Å². The first-order valence-electron chi connectivity index (χ1n) is 11.2. The Balaban J connectivity index is 1.51. The molecular formula is C23H39NOS. The Kier molecular flexibility index (Phi) is 5.27. The summed E-state index contributed by atoms with van der Waals surface area (Å²) < 4.78 is 0. The van der Waals surface area contributed by atoms with Crippen molar-refractivity contribution in [2.24, 2.45) is 46.2 Å². The minimum absolute atomic E-state index is 0.0217. The van der Waals surface area contributed by atoms with Crippen molar-refractivity contribution in [2.75, 3.05) is 12.3 Å². The number of carbonyl (C=O) groups is 1. The average Bonchev–Trinajstić information content (AvgIpc) is 2.92. The lowest BCUT2D eigenvalue weighted by molar-refractivity contribution is -0.146. The monoisotopic (exact) mass is 377 g/mol. The van der Waals surface area contributed by atoms with Crippen LogP contribution in [0.1, 0.15) is 78.6 Å². The van der Waals surface area contributed by atoms with E-state index in [-0.39, 0.29) is 5.41 Å². The number of ketones is 1. The molecule has 0 spiro atoms. The molecule has 0 aromatic heterocycles. The van der Waals surface area contributed by atoms with Gasteiger partial charge >= 0.3 is 0 Å². The standard InChI is InChI=1S/C23H39NOS/c1-15-13-16-14-17(26-12-4-11-24)7-9-22(16,2)19-8-10-23(3)18(21(15)19)5-6-20(23)25/h15-19,21H,4-14,24H2,1-3H3/t15?,16?,17?,18-,19+,21-,22-,23-/m0/s1. The summed E-state index contributed by atoms with van der Waals surface area (Å²) in [5.41, 5.74) is 6.25. The Morgan fingerprint density at radius 3 is 2.69 bits per heavy atom. The zero-order valence-corrected chi connectivity index (χ0v) is 18.0. The first-order valence-corrected chi connectivity index (χ1v) is 12.3. The minimum atomic E-state index is 0.0217. The normalized spacial score (nSPS) is 50.8. The van der Waals surface area contributed by atoms with Gasteiger partial charge in [0.1, 0.15) is 5.78 Å². The fourth-order valence-corrected chi connectivity index (χ4v) is 9.17. The quantitative estimate of drug-likeness (QED) is 0.677. The zero-order valence-electron chi connectivity index (χ0n) is 17.1. The van der Waals surface area contributed by atoms with Gasteiger partial charge in [0.25, 0.3) is 0 Å². The van der Waals surface area contributed by atoms with Crippen molar-refractivity contribution in [2.45, 2.75) is 83.8 Å². The van der Waals surface area contributed by atoms with Gasteiger partial charge in [-0.15, -0.1) is 0 Å². The molecule has 2 nitrogen and oxygen atoms in total. The minimum Gasteiger partial charge on any atom is -0.330 e. The number of carbonyl (C=O) groups excluding carboxylic acids is 1. The molecular weight excluding hydrogens is 338 g/mol. The van der Waals surface area contributed by atoms with Gasteiger partial charge in [0.15, 0.2) is 0 Å². The Bertz CT molecular complexity index is 550. The average molecular weight is 378 g/mol. The number of hydrogen-bond acceptors (Lipinski definition) is 3. The molecule has 4 aliphatic rings. The maximum atomic E-state index is 12.6. The van der Waals surface area contributed by atoms with Crippen LogP contribution in [0, 0.1) is 40.4 Å². The Morgan fingerprint density at radius 1 is 1.12 bits per heavy atom. The largest absolute Gasteiger partial charge is 0.330 e. The maximum absolute atomic E-state index is 12.6. The van der Waals surface area contributed by atoms with Crippen molar-refractivity contribution in [1.29, 1.82) is 0 Å². The third-order valence-electron chi connectivity index (χ3n) is 9.39. The SMILES string of the molecule is CC1CC2CC(SCCCN)CC[C@]2(C)[C@@H]2CC[C@]3(C)C(=O)CC[C@H]3[C@H]12. The van der Waals surface area contributed by atoms with E-state index in [1.165, 1.54) is 57.1 Å². The van der Waals surface area contributed by atoms with E-state index < -0.39 is 0 Å². The van der Waals surface area contributed by atoms with Crippen molar-refractivity contribution < 1.29 is 4.79 Å². The van der Waals surface area contributed by atoms with Crippen molar-refractivity contribution >= 4 is 17.5 Å². The first-order chi connectivity index (χ1) is 12.4. The molecule has 0 bridgehead atoms. The number of rotatable bonds is 4. The second kappa shape index (κ2) is 7.10. The molecule has 148 valence electrons. The molecule has 0 radical (unpaired) electrons. The lowest BCUT2D eigenvalue weighted by atomic mass is 9.43. The summed E-state index contributed by atoms with van der Waals surface area (Å²) in [5, 5.41) is 0.866. The fraction of sp³-hybridized carbons (Fsp3) is 0.957. The smallest absolute Gasteiger partial charge is 0.139 e. The molecule has 2 N–H and O–H groups in total. The number of thioether (sulfide) groups is 1. The number of Topliss-reactive ketones (excluding diaryl/α,β-unsaturated/α-hetero) is 1. The Morgan fingerprint density at radius 2 is 1.92 bits per heavy atom. The lowest BCUT2D eigenvalue weighted by Gasteiger charge is -2.62. The van der Waals surface area contributed by atoms with Gasteiger partial charge in [-0.25, -0.2) is 0 Å². The van der Waals surface area contributed by atoms with E-state index >= 15 is 0 Å². The van der Waals surface area contributed by atoms with E-state index in [1.807, 2.05) is 0 Å². The molecule has 0 amide bonds. The van der Waals surface area contributed by atoms with E-state index in [0.717, 1.165) is 41.9 Å². The molecule has 4 saturated carbocycles. The van der Waals surface area contributed by atoms with Crippen LogP contribution in [-0.2, 0) is 4.79 Å². The van der Waals surface area contributed by atoms with Crippen LogP contribution in [0.25, 0.3) is 0 Å². The van der Waals surface area contributed by atoms with Crippen molar-refractivity contribution in [3.05, 3.63) is 0 Å². The Hall–Kier alpha value is -0.0200. The van der Waals surface area contributed by atoms with Crippen LogP contribution in [0.5, 0.6) is 0 Å². The van der Waals surface area contributed by atoms with E-state index in [0.29, 0.717) is 17.1 Å². The molecule has 0 aromatic rings. The van der Waals surface area contributed by atoms with Gasteiger partial charge in [0.05, 0.1) is 0 Å². The molecule has 3 unspecified atom stereocenters. The summed E-state index contributed by atoms with van der Waals surface area (Å²) >= 11 is 2.20. The van der Waals surface area contributed by atoms with Crippen LogP contribution in [0.4, 0.5) is 0 Å². The van der Waals surface area contributed by atoms with Gasteiger partial charge in [-0.3, -0.25) is 4.79 Å². The third kappa shape index (κ3) is 2.91. The van der Waals surface area contributed by atoms with Gasteiger partial charge in [-0.1, -0.05) is 20.8 Å². The second-order valence-electron chi connectivity index (χ2n) is 10.5. The highest BCUT2D eigenvalue weighted by Gasteiger charge is 2.61. The lowest BCUT2D eigenvalue weighted by Crippen LogP contribution is -2.56. The van der Waals surface area contributed by atoms with Crippen molar-refractivity contribution in [1.82, 2.24) is 0 Å². The summed E-state index contributed by atoms with van der Waals surface area (Å²) in [5.74, 6) is 5.90. The topological polar surface area (TPSA) is 43.1 Å². The summed E-state index contributed by atoms with van der Waals surface area (Å²) in [6, 6.07) is 0. The summed E-state index contributed by atoms with van der Waals surface area (Å²) in [4.78, 5) is 12.6. The van der Waals surface area contributed by atoms with Gasteiger partial charge in [0.2, 0.25) is 0 Å². The molecule has 0 saturated heterocycles. The van der Waals surface area contributed by atoms with Crippen LogP contribution >= 0.6 is 11.8 Å². The van der Waals surface area contributed by atoms with Gasteiger partial charge < -0.3 is 5.73 Å². The number of fused-ring (bicyclic) bond motifs is 5. The summed E-state index contributed by atoms with van der Waals surface area (Å²) in [6.45, 7) is 8.31. The third-order valence-corrected chi connectivity index (χ3v) is 10.8. The second-order valence-corrected chi connectivity index (χ2v) is 11.9. The zero-order chi connectivity index (χ0) is 18.5. The van der Waals surface area contributed by atoms with Gasteiger partial charge in [-0.2, -0.15) is 11.8 Å². The molecule has 0 aliphatic heterocycles. The van der Waals surface area contributed by atoms with Gasteiger partial charge in [0, 0.05) is 17.1 Å². The van der Waals surface area contributed by atoms with Crippen LogP contribution in [0.3, 0.4) is 0 Å².